The average Bonchev–Trinajstić information content (AvgIpc) is 2.02. The average molecular weight is 222 g/mol. The molecule has 1 aromatic heterocycles. The molecule has 3 nitrogen and oxygen atoms in total. The monoisotopic (exact) mass is 221 g/mol. The van der Waals surface area contributed by atoms with Crippen LogP contribution in [0.15, 0.2) is 6.20 Å². The second-order valence-corrected chi connectivity index (χ2v) is 3.00. The minimum absolute atomic E-state index is 0.256. The zero-order valence-electron chi connectivity index (χ0n) is 7.09. The molecule has 0 amide bonds. The molecule has 76 valence electrons. The van der Waals surface area contributed by atoms with Gasteiger partial charge in [0.05, 0.1) is 10.6 Å². The van der Waals surface area contributed by atoms with Crippen LogP contribution in [0.1, 0.15) is 28.0 Å². The number of aromatic carboxylic acids is 1. The molecule has 0 saturated carbocycles. The summed E-state index contributed by atoms with van der Waals surface area (Å²) in [4.78, 5) is 14.0. The minimum Gasteiger partial charge on any atom is -0.478 e. The topological polar surface area (TPSA) is 50.2 Å². The van der Waals surface area contributed by atoms with Crippen molar-refractivity contribution in [3.8, 4) is 0 Å². The third-order valence-corrected chi connectivity index (χ3v) is 2.04. The normalized spacial score (nSPS) is 10.6. The fourth-order valence-electron chi connectivity index (χ4n) is 1.00. The van der Waals surface area contributed by atoms with Crippen molar-refractivity contribution in [2.24, 2.45) is 0 Å². The lowest BCUT2D eigenvalue weighted by Gasteiger charge is -2.07. The van der Waals surface area contributed by atoms with E-state index in [1.54, 1.807) is 0 Å². The van der Waals surface area contributed by atoms with Gasteiger partial charge < -0.3 is 5.11 Å². The lowest BCUT2D eigenvalue weighted by atomic mass is 10.1. The van der Waals surface area contributed by atoms with E-state index < -0.39 is 23.1 Å². The molecule has 1 N–H and O–H groups in total. The molecule has 0 atom stereocenters. The number of carboxylic acids is 1. The zero-order chi connectivity index (χ0) is 10.9. The maximum absolute atomic E-state index is 12.3. The number of aryl methyl sites for hydroxylation is 1. The van der Waals surface area contributed by atoms with Gasteiger partial charge in [-0.25, -0.2) is 13.6 Å². The molecule has 6 heteroatoms. The molecule has 0 aliphatic heterocycles. The van der Waals surface area contributed by atoms with Gasteiger partial charge >= 0.3 is 5.97 Å². The van der Waals surface area contributed by atoms with Gasteiger partial charge in [-0.3, -0.25) is 4.98 Å². The van der Waals surface area contributed by atoms with E-state index in [0.717, 1.165) is 6.20 Å². The van der Waals surface area contributed by atoms with Crippen LogP contribution in [0.2, 0.25) is 5.02 Å². The summed E-state index contributed by atoms with van der Waals surface area (Å²) in [5.74, 6) is -1.34. The minimum atomic E-state index is -2.87. The number of nitrogens with zero attached hydrogens (tertiary/aromatic N) is 1. The van der Waals surface area contributed by atoms with Crippen LogP contribution < -0.4 is 0 Å². The van der Waals surface area contributed by atoms with E-state index in [2.05, 4.69) is 4.98 Å². The number of carbonyl (C=O) groups is 1. The molecule has 0 spiro atoms. The molecule has 0 aliphatic carbocycles. The Morgan fingerprint density at radius 1 is 1.64 bits per heavy atom. The molecular formula is C8H6ClF2NO2. The molecule has 14 heavy (non-hydrogen) atoms. The van der Waals surface area contributed by atoms with Crippen molar-refractivity contribution in [2.45, 2.75) is 13.3 Å². The Labute approximate surface area is 83.3 Å². The van der Waals surface area contributed by atoms with E-state index in [9.17, 15) is 13.6 Å². The number of aromatic nitrogens is 1. The van der Waals surface area contributed by atoms with Gasteiger partial charge in [-0.2, -0.15) is 0 Å². The highest BCUT2D eigenvalue weighted by Gasteiger charge is 2.21. The van der Waals surface area contributed by atoms with Crippen LogP contribution >= 0.6 is 11.6 Å². The molecular weight excluding hydrogens is 216 g/mol. The Morgan fingerprint density at radius 2 is 2.21 bits per heavy atom. The summed E-state index contributed by atoms with van der Waals surface area (Å²) in [6.45, 7) is 1.44. The fourth-order valence-corrected chi connectivity index (χ4v) is 1.36. The van der Waals surface area contributed by atoms with E-state index in [4.69, 9.17) is 16.7 Å². The molecule has 0 fully saturated rings. The lowest BCUT2D eigenvalue weighted by molar-refractivity contribution is 0.0695. The molecule has 0 unspecified atom stereocenters. The van der Waals surface area contributed by atoms with Gasteiger partial charge in [0.15, 0.2) is 0 Å². The Hall–Kier alpha value is -1.23. The van der Waals surface area contributed by atoms with Crippen molar-refractivity contribution in [1.82, 2.24) is 4.98 Å². The first-order valence-electron chi connectivity index (χ1n) is 3.61. The second-order valence-electron chi connectivity index (χ2n) is 2.62. The van der Waals surface area contributed by atoms with Gasteiger partial charge in [0.1, 0.15) is 5.69 Å². The number of hydrogen-bond acceptors (Lipinski definition) is 2. The summed E-state index contributed by atoms with van der Waals surface area (Å²) in [6.07, 6.45) is -1.81. The Kier molecular flexibility index (Phi) is 3.00. The number of carboxylic acid groups (broad SMARTS) is 1. The summed E-state index contributed by atoms with van der Waals surface area (Å²) in [6, 6.07) is 0. The van der Waals surface area contributed by atoms with Gasteiger partial charge in [-0.15, -0.1) is 0 Å². The molecule has 0 bridgehead atoms. The van der Waals surface area contributed by atoms with Crippen LogP contribution in [0.5, 0.6) is 0 Å². The molecule has 1 heterocycles. The van der Waals surface area contributed by atoms with Crippen molar-refractivity contribution < 1.29 is 18.7 Å². The van der Waals surface area contributed by atoms with Crippen LogP contribution in [0.3, 0.4) is 0 Å². The lowest BCUT2D eigenvalue weighted by Crippen LogP contribution is -2.05. The number of hydrogen-bond donors (Lipinski definition) is 1. The maximum Gasteiger partial charge on any atom is 0.337 e. The van der Waals surface area contributed by atoms with Gasteiger partial charge in [-0.05, 0) is 12.5 Å². The highest BCUT2D eigenvalue weighted by Crippen LogP contribution is 2.29. The SMILES string of the molecule is Cc1cnc(C(F)F)c(Cl)c1C(=O)O. The van der Waals surface area contributed by atoms with Crippen LogP contribution in [0.25, 0.3) is 0 Å². The summed E-state index contributed by atoms with van der Waals surface area (Å²) in [7, 11) is 0. The van der Waals surface area contributed by atoms with Crippen molar-refractivity contribution in [3.63, 3.8) is 0 Å². The van der Waals surface area contributed by atoms with Crippen LogP contribution in [0, 0.1) is 6.92 Å². The van der Waals surface area contributed by atoms with Crippen LogP contribution in [-0.4, -0.2) is 16.1 Å². The smallest absolute Gasteiger partial charge is 0.337 e. The van der Waals surface area contributed by atoms with Crippen molar-refractivity contribution in [3.05, 3.63) is 28.0 Å². The second kappa shape index (κ2) is 3.88. The van der Waals surface area contributed by atoms with E-state index in [1.807, 2.05) is 0 Å². The summed E-state index contributed by atoms with van der Waals surface area (Å²) < 4.78 is 24.5. The molecule has 1 aromatic rings. The van der Waals surface area contributed by atoms with E-state index in [0.29, 0.717) is 0 Å². The van der Waals surface area contributed by atoms with Gasteiger partial charge in [0.2, 0.25) is 0 Å². The molecule has 0 aromatic carbocycles. The third kappa shape index (κ3) is 1.82. The van der Waals surface area contributed by atoms with E-state index >= 15 is 0 Å². The van der Waals surface area contributed by atoms with Crippen molar-refractivity contribution >= 4 is 17.6 Å². The van der Waals surface area contributed by atoms with Gasteiger partial charge in [-0.1, -0.05) is 11.6 Å². The largest absolute Gasteiger partial charge is 0.478 e. The zero-order valence-corrected chi connectivity index (χ0v) is 7.85. The van der Waals surface area contributed by atoms with Crippen molar-refractivity contribution in [1.29, 1.82) is 0 Å². The van der Waals surface area contributed by atoms with Gasteiger partial charge in [0.25, 0.3) is 6.43 Å². The first-order valence-corrected chi connectivity index (χ1v) is 3.99. The first kappa shape index (κ1) is 10.8. The standard InChI is InChI=1S/C8H6ClF2NO2/c1-3-2-12-6(7(10)11)5(9)4(3)8(13)14/h2,7H,1H3,(H,13,14). The highest BCUT2D eigenvalue weighted by molar-refractivity contribution is 6.34. The fraction of sp³-hybridized carbons (Fsp3) is 0.250. The molecule has 0 radical (unpaired) electrons. The Bertz CT molecular complexity index is 382. The number of alkyl halides is 2. The number of rotatable bonds is 2. The molecule has 0 aliphatic rings. The van der Waals surface area contributed by atoms with E-state index in [1.165, 1.54) is 6.92 Å². The van der Waals surface area contributed by atoms with Gasteiger partial charge in [0, 0.05) is 6.20 Å². The number of halogens is 3. The Balaban J connectivity index is 3.41. The summed E-state index contributed by atoms with van der Waals surface area (Å²) >= 11 is 5.48. The number of pyridine rings is 1. The first-order chi connectivity index (χ1) is 6.45. The quantitative estimate of drug-likeness (QED) is 0.835. The van der Waals surface area contributed by atoms with Crippen LogP contribution in [0.4, 0.5) is 8.78 Å². The highest BCUT2D eigenvalue weighted by atomic mass is 35.5. The predicted molar refractivity (Wildman–Crippen MR) is 45.9 cm³/mol. The molecule has 0 saturated heterocycles. The maximum atomic E-state index is 12.3. The van der Waals surface area contributed by atoms with Crippen LogP contribution in [-0.2, 0) is 0 Å². The summed E-state index contributed by atoms with van der Waals surface area (Å²) in [5.41, 5.74) is -0.765. The third-order valence-electron chi connectivity index (χ3n) is 1.66. The van der Waals surface area contributed by atoms with E-state index in [-0.39, 0.29) is 11.1 Å². The Morgan fingerprint density at radius 3 is 2.64 bits per heavy atom. The molecule has 1 rings (SSSR count). The van der Waals surface area contributed by atoms with Crippen molar-refractivity contribution in [2.75, 3.05) is 0 Å². The summed E-state index contributed by atoms with van der Waals surface area (Å²) in [5, 5.41) is 8.20. The predicted octanol–water partition coefficient (Wildman–Crippen LogP) is 2.68.